The third-order valence-electron chi connectivity index (χ3n) is 12.7. The molecule has 0 saturated carbocycles. The lowest BCUT2D eigenvalue weighted by Crippen LogP contribution is -2.31. The van der Waals surface area contributed by atoms with Crippen molar-refractivity contribution in [3.8, 4) is 47.0 Å². The van der Waals surface area contributed by atoms with Crippen LogP contribution in [0.2, 0.25) is 0 Å². The molecule has 0 amide bonds. The predicted octanol–water partition coefficient (Wildman–Crippen LogP) is 16.3. The van der Waals surface area contributed by atoms with E-state index in [1.54, 1.807) is 24.3 Å². The van der Waals surface area contributed by atoms with Crippen LogP contribution in [0.4, 0.5) is 5.69 Å². The van der Waals surface area contributed by atoms with Crippen molar-refractivity contribution in [2.24, 2.45) is 5.92 Å². The number of benzene rings is 6. The lowest BCUT2D eigenvalue weighted by atomic mass is 9.65. The monoisotopic (exact) mass is 961 g/mol. The molecule has 6 aromatic rings. The molecular formula is C64H67NO7. The van der Waals surface area contributed by atoms with E-state index >= 15 is 0 Å². The lowest BCUT2D eigenvalue weighted by molar-refractivity contribution is 0.315. The van der Waals surface area contributed by atoms with Crippen molar-refractivity contribution in [2.75, 3.05) is 4.90 Å². The second kappa shape index (κ2) is 24.8. The van der Waals surface area contributed by atoms with E-state index < -0.39 is 45.7 Å². The van der Waals surface area contributed by atoms with Gasteiger partial charge in [0.1, 0.15) is 11.4 Å². The molecule has 6 aromatic carbocycles. The number of terminal acetylenes is 1. The maximum absolute atomic E-state index is 12.5. The number of aromatic hydroxyl groups is 4. The fraction of sp³-hybridized carbons (Fsp3) is 0.188. The Balaban J connectivity index is 0.00000155. The van der Waals surface area contributed by atoms with Gasteiger partial charge in [0.2, 0.25) is 5.88 Å². The largest absolute Gasteiger partial charge is 0.507 e. The van der Waals surface area contributed by atoms with Crippen molar-refractivity contribution in [1.82, 2.24) is 0 Å². The van der Waals surface area contributed by atoms with Gasteiger partial charge in [0.25, 0.3) is 0 Å². The highest BCUT2D eigenvalue weighted by molar-refractivity contribution is 6.15. The van der Waals surface area contributed by atoms with E-state index in [0.29, 0.717) is 29.4 Å². The Morgan fingerprint density at radius 1 is 0.722 bits per heavy atom. The van der Waals surface area contributed by atoms with Gasteiger partial charge in [-0.3, -0.25) is 4.90 Å². The van der Waals surface area contributed by atoms with Gasteiger partial charge in [-0.15, -0.1) is 12.8 Å². The highest BCUT2D eigenvalue weighted by Crippen LogP contribution is 2.58. The number of phenols is 4. The highest BCUT2D eigenvalue weighted by Gasteiger charge is 2.39. The molecule has 2 atom stereocenters. The molecule has 8 heteroatoms. The van der Waals surface area contributed by atoms with Crippen LogP contribution in [-0.2, 0) is 11.8 Å². The maximum atomic E-state index is 12.5. The molecule has 2 unspecified atom stereocenters. The van der Waals surface area contributed by atoms with E-state index in [2.05, 4.69) is 25.5 Å². The molecule has 370 valence electrons. The van der Waals surface area contributed by atoms with E-state index in [1.165, 1.54) is 6.92 Å². The first-order chi connectivity index (χ1) is 34.9. The van der Waals surface area contributed by atoms with Crippen LogP contribution in [0.3, 0.4) is 0 Å². The molecule has 0 radical (unpaired) electrons. The number of hydrogen-bond acceptors (Lipinski definition) is 8. The van der Waals surface area contributed by atoms with E-state index in [0.717, 1.165) is 43.3 Å². The van der Waals surface area contributed by atoms with Gasteiger partial charge in [0.15, 0.2) is 28.8 Å². The van der Waals surface area contributed by atoms with Gasteiger partial charge in [-0.05, 0) is 101 Å². The molecular weight excluding hydrogens is 895 g/mol. The van der Waals surface area contributed by atoms with Gasteiger partial charge in [-0.2, -0.15) is 0 Å². The summed E-state index contributed by atoms with van der Waals surface area (Å²) >= 11 is 0. The number of phenolic OH excluding ortho intramolecular Hbond substituents is 4. The summed E-state index contributed by atoms with van der Waals surface area (Å²) in [7, 11) is 0. The van der Waals surface area contributed by atoms with Gasteiger partial charge >= 0.3 is 0 Å². The summed E-state index contributed by atoms with van der Waals surface area (Å²) in [6.07, 6.45) is 27.7. The Labute approximate surface area is 425 Å². The van der Waals surface area contributed by atoms with Crippen LogP contribution in [0.5, 0.6) is 23.0 Å². The molecule has 0 fully saturated rings. The maximum Gasteiger partial charge on any atom is 0.240 e. The minimum absolute atomic E-state index is 0.115. The Hall–Kier alpha value is -8.54. The van der Waals surface area contributed by atoms with Crippen molar-refractivity contribution >= 4 is 27.2 Å². The average molecular weight is 962 g/mol. The number of hydrogen-bond donors (Lipinski definition) is 7. The number of anilines is 1. The van der Waals surface area contributed by atoms with Crippen molar-refractivity contribution in [2.45, 2.75) is 73.1 Å². The number of allylic oxidation sites excluding steroid dienone is 12. The van der Waals surface area contributed by atoms with Crippen LogP contribution in [-0.4, -0.2) is 35.7 Å². The Morgan fingerprint density at radius 2 is 1.32 bits per heavy atom. The second-order valence-corrected chi connectivity index (χ2v) is 16.8. The Kier molecular flexibility index (Phi) is 18.8. The van der Waals surface area contributed by atoms with E-state index in [4.69, 9.17) is 0 Å². The predicted molar refractivity (Wildman–Crippen MR) is 300 cm³/mol. The summed E-state index contributed by atoms with van der Waals surface area (Å²) < 4.78 is 0. The van der Waals surface area contributed by atoms with Gasteiger partial charge in [-0.25, -0.2) is 0 Å². The summed E-state index contributed by atoms with van der Waals surface area (Å²) in [6, 6.07) is 34.8. The quantitative estimate of drug-likeness (QED) is 0.0180. The van der Waals surface area contributed by atoms with E-state index in [9.17, 15) is 35.7 Å². The Morgan fingerprint density at radius 3 is 1.96 bits per heavy atom. The number of fused-ring (bicyclic) bond motifs is 4. The molecule has 0 heterocycles. The smallest absolute Gasteiger partial charge is 0.240 e. The Bertz CT molecular complexity index is 3170. The molecule has 8 nitrogen and oxygen atoms in total. The van der Waals surface area contributed by atoms with Gasteiger partial charge in [0.05, 0.1) is 5.56 Å². The SMILES string of the molecule is C#C.C=C(/C=C\C=C/C)C1(c2ccccc2)C/C=C(N(/C(O)=C(O)/C(C)=C(\O)C2=CCC(C)C=C2)c2c(O)c(O)c(-c3cc4ccccc4c4ccccc34)c(O)c2O)\C=C/Cc2ccccc21.CC.CC. The molecule has 0 aliphatic heterocycles. The van der Waals surface area contributed by atoms with Gasteiger partial charge in [-0.1, -0.05) is 199 Å². The third kappa shape index (κ3) is 10.6. The number of rotatable bonds is 10. The average Bonchev–Trinajstić information content (AvgIpc) is 3.51. The molecule has 72 heavy (non-hydrogen) atoms. The molecule has 0 bridgehead atoms. The van der Waals surface area contributed by atoms with Crippen molar-refractivity contribution < 1.29 is 35.7 Å². The summed E-state index contributed by atoms with van der Waals surface area (Å²) in [4.78, 5) is 0.978. The first-order valence-corrected chi connectivity index (χ1v) is 24.3. The van der Waals surface area contributed by atoms with Crippen LogP contribution in [0.25, 0.3) is 32.7 Å². The zero-order valence-corrected chi connectivity index (χ0v) is 42.3. The molecule has 7 N–H and O–H groups in total. The van der Waals surface area contributed by atoms with Crippen molar-refractivity contribution in [3.63, 3.8) is 0 Å². The van der Waals surface area contributed by atoms with Crippen molar-refractivity contribution in [1.29, 1.82) is 0 Å². The molecule has 0 saturated heterocycles. The number of aliphatic hydroxyl groups excluding tert-OH is 3. The van der Waals surface area contributed by atoms with Crippen LogP contribution in [0.15, 0.2) is 216 Å². The topological polar surface area (TPSA) is 145 Å². The number of aliphatic hydroxyl groups is 3. The molecule has 2 aliphatic rings. The van der Waals surface area contributed by atoms with E-state index in [-0.39, 0.29) is 34.9 Å². The van der Waals surface area contributed by atoms with Crippen LogP contribution < -0.4 is 4.90 Å². The normalized spacial score (nSPS) is 18.1. The standard InChI is InChI=1S/C58H53NO7.2C2H6.C2H2/c1-5-6-8-18-37(3)58(42-22-9-7-10-23-42)34-33-43(24-17-21-39-19-12-16-28-48(39)58)59(57(66)52(61)38(4)51(60)40-31-29-36(2)30-32-40)50-55(64)53(62)49(54(63)56(50)65)47-35-41-20-11-13-25-44(41)45-26-14-15-27-46(45)47;3*1-2/h5-20,22-29,31-33,35-36,60-66H,3,21,30,34H2,1-2,4H3;2*1-2H3;1-2H/b6-5-,18-8-,24-17-,43-33+,51-38-,57-52+;;;. The van der Waals surface area contributed by atoms with E-state index in [1.807, 2.05) is 181 Å². The molecule has 0 aromatic heterocycles. The minimum Gasteiger partial charge on any atom is -0.507 e. The molecule has 2 aliphatic carbocycles. The fourth-order valence-electron chi connectivity index (χ4n) is 9.21. The zero-order chi connectivity index (χ0) is 52.7. The summed E-state index contributed by atoms with van der Waals surface area (Å²) in [5.74, 6) is -5.18. The summed E-state index contributed by atoms with van der Waals surface area (Å²) in [6.45, 7) is 18.0. The van der Waals surface area contributed by atoms with Crippen LogP contribution in [0.1, 0.15) is 78.0 Å². The van der Waals surface area contributed by atoms with Crippen LogP contribution in [0, 0.1) is 18.8 Å². The van der Waals surface area contributed by atoms with Gasteiger partial charge < -0.3 is 35.7 Å². The lowest BCUT2D eigenvalue weighted by Gasteiger charge is -2.37. The van der Waals surface area contributed by atoms with Crippen LogP contribution >= 0.6 is 0 Å². The minimum atomic E-state index is -0.930. The molecule has 8 rings (SSSR count). The number of nitrogens with zero attached hydrogens (tertiary/aromatic N) is 1. The van der Waals surface area contributed by atoms with Gasteiger partial charge in [0, 0.05) is 22.3 Å². The zero-order valence-electron chi connectivity index (χ0n) is 42.3. The highest BCUT2D eigenvalue weighted by atomic mass is 16.3. The first-order valence-electron chi connectivity index (χ1n) is 24.3. The first kappa shape index (κ1) is 54.4. The fourth-order valence-corrected chi connectivity index (χ4v) is 9.21. The van der Waals surface area contributed by atoms with Crippen molar-refractivity contribution in [3.05, 3.63) is 233 Å². The molecule has 0 spiro atoms. The third-order valence-corrected chi connectivity index (χ3v) is 12.7. The second-order valence-electron chi connectivity index (χ2n) is 16.8. The summed E-state index contributed by atoms with van der Waals surface area (Å²) in [5, 5.41) is 88.1. The summed E-state index contributed by atoms with van der Waals surface area (Å²) in [5.41, 5.74) is 2.58.